The minimum Gasteiger partial charge on any atom is -0.497 e. The quantitative estimate of drug-likeness (QED) is 0.635. The number of carbonyl (C=O) groups is 1. The first kappa shape index (κ1) is 17.4. The van der Waals surface area contributed by atoms with Crippen molar-refractivity contribution in [2.24, 2.45) is 5.92 Å². The van der Waals surface area contributed by atoms with E-state index < -0.39 is 0 Å². The Hall–Kier alpha value is -3.65. The van der Waals surface area contributed by atoms with Crippen LogP contribution < -0.4 is 9.64 Å². The fourth-order valence-electron chi connectivity index (χ4n) is 4.50. The van der Waals surface area contributed by atoms with E-state index in [-0.39, 0.29) is 23.8 Å². The number of methoxy groups -OCH3 is 1. The van der Waals surface area contributed by atoms with Gasteiger partial charge in [-0.15, -0.1) is 0 Å². The molecule has 5 nitrogen and oxygen atoms in total. The van der Waals surface area contributed by atoms with Crippen LogP contribution in [0, 0.1) is 17.2 Å². The highest BCUT2D eigenvalue weighted by Crippen LogP contribution is 2.43. The van der Waals surface area contributed by atoms with Crippen LogP contribution in [-0.2, 0) is 0 Å². The van der Waals surface area contributed by atoms with Crippen molar-refractivity contribution in [3.8, 4) is 11.8 Å². The van der Waals surface area contributed by atoms with Gasteiger partial charge in [0.05, 0.1) is 36.7 Å². The maximum absolute atomic E-state index is 13.4. The van der Waals surface area contributed by atoms with Gasteiger partial charge in [0.25, 0.3) is 0 Å². The minimum absolute atomic E-state index is 0.0257. The van der Waals surface area contributed by atoms with E-state index in [1.165, 1.54) is 0 Å². The lowest BCUT2D eigenvalue weighted by Gasteiger charge is -2.35. The largest absolute Gasteiger partial charge is 0.497 e. The van der Waals surface area contributed by atoms with Gasteiger partial charge in [0.2, 0.25) is 0 Å². The van der Waals surface area contributed by atoms with E-state index in [9.17, 15) is 10.1 Å². The maximum Gasteiger partial charge on any atom is 0.185 e. The molecule has 3 heterocycles. The van der Waals surface area contributed by atoms with Crippen LogP contribution in [0.1, 0.15) is 22.3 Å². The van der Waals surface area contributed by atoms with Gasteiger partial charge in [0.1, 0.15) is 5.75 Å². The van der Waals surface area contributed by atoms with Crippen molar-refractivity contribution < 1.29 is 9.53 Å². The van der Waals surface area contributed by atoms with Crippen molar-refractivity contribution in [2.45, 2.75) is 18.5 Å². The van der Waals surface area contributed by atoms with Crippen molar-refractivity contribution in [1.29, 1.82) is 5.26 Å². The highest BCUT2D eigenvalue weighted by molar-refractivity contribution is 6.04. The average Bonchev–Trinajstić information content (AvgIpc) is 3.17. The molecule has 0 aliphatic carbocycles. The maximum atomic E-state index is 13.4. The lowest BCUT2D eigenvalue weighted by atomic mass is 9.95. The van der Waals surface area contributed by atoms with E-state index in [0.717, 1.165) is 22.2 Å². The molecule has 0 amide bonds. The fraction of sp³-hybridized carbons (Fsp3) is 0.208. The molecule has 1 saturated heterocycles. The fourth-order valence-corrected chi connectivity index (χ4v) is 4.50. The van der Waals surface area contributed by atoms with E-state index in [1.54, 1.807) is 37.6 Å². The van der Waals surface area contributed by atoms with Crippen LogP contribution in [0.4, 0.5) is 5.69 Å². The second-order valence-corrected chi connectivity index (χ2v) is 7.41. The highest BCUT2D eigenvalue weighted by Gasteiger charge is 2.45. The van der Waals surface area contributed by atoms with Gasteiger partial charge in [-0.3, -0.25) is 9.78 Å². The molecule has 0 unspecified atom stereocenters. The summed E-state index contributed by atoms with van der Waals surface area (Å²) in [4.78, 5) is 20.1. The Morgan fingerprint density at radius 3 is 2.79 bits per heavy atom. The Kier molecular flexibility index (Phi) is 4.06. The van der Waals surface area contributed by atoms with Gasteiger partial charge in [-0.25, -0.2) is 0 Å². The van der Waals surface area contributed by atoms with E-state index >= 15 is 0 Å². The van der Waals surface area contributed by atoms with Gasteiger partial charge in [-0.05, 0) is 42.8 Å². The molecule has 3 atom stereocenters. The number of aromatic nitrogens is 1. The first-order valence-electron chi connectivity index (χ1n) is 9.63. The zero-order valence-electron chi connectivity index (χ0n) is 15.9. The van der Waals surface area contributed by atoms with E-state index in [2.05, 4.69) is 22.0 Å². The van der Waals surface area contributed by atoms with Crippen molar-refractivity contribution >= 4 is 28.4 Å². The Morgan fingerprint density at radius 1 is 1.21 bits per heavy atom. The number of ketones is 1. The van der Waals surface area contributed by atoms with Gasteiger partial charge >= 0.3 is 0 Å². The number of anilines is 1. The number of hydrogen-bond donors (Lipinski definition) is 0. The predicted octanol–water partition coefficient (Wildman–Crippen LogP) is 4.24. The zero-order valence-corrected chi connectivity index (χ0v) is 15.9. The van der Waals surface area contributed by atoms with Crippen LogP contribution in [0.5, 0.6) is 5.75 Å². The molecule has 2 aliphatic heterocycles. The topological polar surface area (TPSA) is 66.2 Å². The predicted molar refractivity (Wildman–Crippen MR) is 112 cm³/mol. The monoisotopic (exact) mass is 381 g/mol. The van der Waals surface area contributed by atoms with Gasteiger partial charge in [-0.1, -0.05) is 24.3 Å². The molecular weight excluding hydrogens is 362 g/mol. The van der Waals surface area contributed by atoms with Crippen LogP contribution in [0.2, 0.25) is 0 Å². The molecule has 3 aromatic rings. The van der Waals surface area contributed by atoms with Gasteiger partial charge in [0, 0.05) is 28.4 Å². The molecule has 5 rings (SSSR count). The summed E-state index contributed by atoms with van der Waals surface area (Å²) in [6, 6.07) is 17.1. The number of ether oxygens (including phenoxy) is 1. The molecule has 1 fully saturated rings. The number of carbonyl (C=O) groups excluding carboxylic acids is 1. The Labute approximate surface area is 168 Å². The zero-order chi connectivity index (χ0) is 20.0. The van der Waals surface area contributed by atoms with Crippen molar-refractivity contribution in [3.05, 3.63) is 71.9 Å². The lowest BCUT2D eigenvalue weighted by Crippen LogP contribution is -2.42. The van der Waals surface area contributed by atoms with Gasteiger partial charge in [-0.2, -0.15) is 5.26 Å². The molecule has 2 aliphatic rings. The van der Waals surface area contributed by atoms with Crippen molar-refractivity contribution in [3.63, 3.8) is 0 Å². The second-order valence-electron chi connectivity index (χ2n) is 7.41. The van der Waals surface area contributed by atoms with Crippen LogP contribution in [0.25, 0.3) is 17.0 Å². The summed E-state index contributed by atoms with van der Waals surface area (Å²) in [5, 5.41) is 10.8. The summed E-state index contributed by atoms with van der Waals surface area (Å²) >= 11 is 0. The summed E-state index contributed by atoms with van der Waals surface area (Å²) in [5.74, 6) is 0.508. The van der Waals surface area contributed by atoms with Crippen LogP contribution in [0.15, 0.2) is 60.8 Å². The summed E-state index contributed by atoms with van der Waals surface area (Å²) in [7, 11) is 1.60. The molecule has 2 aromatic carbocycles. The minimum atomic E-state index is -0.386. The van der Waals surface area contributed by atoms with E-state index in [4.69, 9.17) is 4.74 Å². The third-order valence-electron chi connectivity index (χ3n) is 5.92. The summed E-state index contributed by atoms with van der Waals surface area (Å²) in [5.41, 5.74) is 3.51. The highest BCUT2D eigenvalue weighted by atomic mass is 16.5. The SMILES string of the molecule is COc1ccc(C(=O)[C@@H]2C[C@H](C#N)[C@@H]3C=Cc4c(ccc5cccnc45)N23)cc1. The second kappa shape index (κ2) is 6.75. The van der Waals surface area contributed by atoms with Crippen LogP contribution in [-0.4, -0.2) is 30.0 Å². The average molecular weight is 381 g/mol. The summed E-state index contributed by atoms with van der Waals surface area (Å²) < 4.78 is 5.20. The molecule has 0 saturated carbocycles. The third-order valence-corrected chi connectivity index (χ3v) is 5.92. The smallest absolute Gasteiger partial charge is 0.185 e. The number of hydrogen-bond acceptors (Lipinski definition) is 5. The number of Topliss-reactive ketones (excluding diaryl/α,β-unsaturated/α-hetero) is 1. The number of benzene rings is 2. The molecule has 142 valence electrons. The van der Waals surface area contributed by atoms with Gasteiger partial charge in [0.15, 0.2) is 5.78 Å². The first-order valence-corrected chi connectivity index (χ1v) is 9.63. The molecule has 5 heteroatoms. The lowest BCUT2D eigenvalue weighted by molar-refractivity contribution is 0.0961. The molecule has 0 bridgehead atoms. The standard InChI is InChI=1S/C24H19N3O2/c1-29-18-7-4-16(5-8-18)24(28)22-13-17(14-25)20-11-9-19-21(27(20)22)10-6-15-3-2-12-26-23(15)19/h2-12,17,20,22H,13H2,1H3/t17-,20+,22+/m1/s1. The van der Waals surface area contributed by atoms with Crippen molar-refractivity contribution in [1.82, 2.24) is 4.98 Å². The Bertz CT molecular complexity index is 1180. The summed E-state index contributed by atoms with van der Waals surface area (Å²) in [6.07, 6.45) is 6.39. The molecular formula is C24H19N3O2. The van der Waals surface area contributed by atoms with Crippen LogP contribution >= 0.6 is 0 Å². The van der Waals surface area contributed by atoms with Crippen LogP contribution in [0.3, 0.4) is 0 Å². The number of pyridine rings is 1. The van der Waals surface area contributed by atoms with Gasteiger partial charge < -0.3 is 9.64 Å². The van der Waals surface area contributed by atoms with E-state index in [1.807, 2.05) is 30.3 Å². The Balaban J connectivity index is 1.60. The third kappa shape index (κ3) is 2.68. The molecule has 29 heavy (non-hydrogen) atoms. The molecule has 0 spiro atoms. The molecule has 1 aromatic heterocycles. The van der Waals surface area contributed by atoms with Crippen molar-refractivity contribution in [2.75, 3.05) is 12.0 Å². The number of fused-ring (bicyclic) bond motifs is 5. The first-order chi connectivity index (χ1) is 14.2. The number of nitrogens with zero attached hydrogens (tertiary/aromatic N) is 3. The number of nitriles is 1. The normalized spacial score (nSPS) is 22.1. The Morgan fingerprint density at radius 2 is 2.03 bits per heavy atom. The molecule has 0 radical (unpaired) electrons. The summed E-state index contributed by atoms with van der Waals surface area (Å²) in [6.45, 7) is 0. The molecule has 0 N–H and O–H groups in total. The number of rotatable bonds is 3. The van der Waals surface area contributed by atoms with E-state index in [0.29, 0.717) is 17.7 Å².